The van der Waals surface area contributed by atoms with E-state index in [1.807, 2.05) is 6.92 Å². The summed E-state index contributed by atoms with van der Waals surface area (Å²) in [5, 5.41) is 0. The Kier molecular flexibility index (Phi) is 24.4. The van der Waals surface area contributed by atoms with E-state index in [4.69, 9.17) is 18.9 Å². The minimum atomic E-state index is -0.427. The van der Waals surface area contributed by atoms with Gasteiger partial charge in [-0.15, -0.1) is 0 Å². The standard InChI is InChI=1S/C28H54O6.H2/c1-5-8-10-12-14-16-18-26(29)20-25(21-32-7-3)22-33-24-27(23-31-4)34-28(30)19-17-15-13-11-9-6-2;/h25,27H,5-24H2,1-4H3;1H/i;1+1. The first kappa shape index (κ1) is 33.0. The highest BCUT2D eigenvalue weighted by Gasteiger charge is 2.18. The summed E-state index contributed by atoms with van der Waals surface area (Å²) in [6, 6.07) is 0. The van der Waals surface area contributed by atoms with E-state index in [1.165, 1.54) is 51.4 Å². The summed E-state index contributed by atoms with van der Waals surface area (Å²) in [6.45, 7) is 8.46. The van der Waals surface area contributed by atoms with E-state index < -0.39 is 6.10 Å². The van der Waals surface area contributed by atoms with Gasteiger partial charge in [0.2, 0.25) is 0 Å². The van der Waals surface area contributed by atoms with Gasteiger partial charge in [-0.1, -0.05) is 78.1 Å². The number of hydrogen-bond donors (Lipinski definition) is 0. The summed E-state index contributed by atoms with van der Waals surface area (Å²) in [5.74, 6) is 0.110. The number of carbonyl (C=O) groups excluding carboxylic acids is 2. The normalized spacial score (nSPS) is 13.1. The third kappa shape index (κ3) is 21.5. The van der Waals surface area contributed by atoms with E-state index in [0.29, 0.717) is 45.7 Å². The van der Waals surface area contributed by atoms with Crippen LogP contribution in [0.4, 0.5) is 0 Å². The molecule has 0 amide bonds. The van der Waals surface area contributed by atoms with Gasteiger partial charge in [-0.25, -0.2) is 0 Å². The maximum absolute atomic E-state index is 12.4. The molecule has 0 N–H and O–H groups in total. The highest BCUT2D eigenvalue weighted by Crippen LogP contribution is 2.13. The molecule has 0 aliphatic carbocycles. The van der Waals surface area contributed by atoms with Gasteiger partial charge in [0.05, 0.1) is 26.4 Å². The first-order valence-electron chi connectivity index (χ1n) is 13.9. The van der Waals surface area contributed by atoms with Crippen LogP contribution in [0.3, 0.4) is 0 Å². The van der Waals surface area contributed by atoms with Gasteiger partial charge in [0.15, 0.2) is 0 Å². The van der Waals surface area contributed by atoms with Crippen molar-refractivity contribution in [3.8, 4) is 0 Å². The van der Waals surface area contributed by atoms with Crippen LogP contribution < -0.4 is 0 Å². The summed E-state index contributed by atoms with van der Waals surface area (Å²) in [5.41, 5.74) is 0. The number of carbonyl (C=O) groups is 2. The number of ether oxygens (including phenoxy) is 4. The van der Waals surface area contributed by atoms with E-state index in [0.717, 1.165) is 25.7 Å². The van der Waals surface area contributed by atoms with Crippen LogP contribution in [0.25, 0.3) is 0 Å². The molecular weight excluding hydrogens is 432 g/mol. The highest BCUT2D eigenvalue weighted by molar-refractivity contribution is 5.78. The lowest BCUT2D eigenvalue weighted by molar-refractivity contribution is -0.156. The number of Topliss-reactive ketones (excluding diaryl/α,β-unsaturated/α-hetero) is 1. The van der Waals surface area contributed by atoms with E-state index in [9.17, 15) is 9.59 Å². The Hall–Kier alpha value is -0.980. The maximum Gasteiger partial charge on any atom is 0.306 e. The molecule has 0 fully saturated rings. The van der Waals surface area contributed by atoms with Crippen molar-refractivity contribution in [3.05, 3.63) is 0 Å². The second-order valence-corrected chi connectivity index (χ2v) is 9.41. The van der Waals surface area contributed by atoms with Crippen LogP contribution in [-0.4, -0.2) is 58.0 Å². The van der Waals surface area contributed by atoms with Crippen molar-refractivity contribution in [2.45, 2.75) is 123 Å². The highest BCUT2D eigenvalue weighted by atomic mass is 16.6. The fourth-order valence-corrected chi connectivity index (χ4v) is 3.94. The minimum Gasteiger partial charge on any atom is -0.457 e. The third-order valence-electron chi connectivity index (χ3n) is 5.93. The van der Waals surface area contributed by atoms with Crippen molar-refractivity contribution >= 4 is 11.8 Å². The van der Waals surface area contributed by atoms with Crippen LogP contribution in [0.1, 0.15) is 119 Å². The largest absolute Gasteiger partial charge is 0.457 e. The van der Waals surface area contributed by atoms with E-state index in [-0.39, 0.29) is 25.7 Å². The van der Waals surface area contributed by atoms with Gasteiger partial charge in [0, 0.05) is 40.3 Å². The molecule has 0 saturated carbocycles. The molecule has 0 aromatic rings. The molecule has 0 saturated heterocycles. The Morgan fingerprint density at radius 2 is 1.24 bits per heavy atom. The van der Waals surface area contributed by atoms with Crippen LogP contribution in [0.5, 0.6) is 0 Å². The summed E-state index contributed by atoms with van der Waals surface area (Å²) in [6.07, 6.45) is 15.0. The van der Waals surface area contributed by atoms with Gasteiger partial charge in [0.25, 0.3) is 0 Å². The van der Waals surface area contributed by atoms with E-state index in [1.54, 1.807) is 7.11 Å². The van der Waals surface area contributed by atoms with Gasteiger partial charge in [-0.2, -0.15) is 0 Å². The number of unbranched alkanes of at least 4 members (excludes halogenated alkanes) is 10. The quantitative estimate of drug-likeness (QED) is 0.0970. The van der Waals surface area contributed by atoms with Crippen molar-refractivity contribution in [3.63, 3.8) is 0 Å². The lowest BCUT2D eigenvalue weighted by Gasteiger charge is -2.20. The molecular formula is C28H56O6. The monoisotopic (exact) mass is 489 g/mol. The fraction of sp³-hybridized carbons (Fsp3) is 0.929. The van der Waals surface area contributed by atoms with Crippen molar-refractivity contribution in [2.24, 2.45) is 5.92 Å². The average Bonchev–Trinajstić information content (AvgIpc) is 2.82. The molecule has 0 aliphatic heterocycles. The van der Waals surface area contributed by atoms with Crippen molar-refractivity contribution < 1.29 is 30.0 Å². The lowest BCUT2D eigenvalue weighted by Crippen LogP contribution is -2.30. The van der Waals surface area contributed by atoms with Crippen LogP contribution >= 0.6 is 0 Å². The van der Waals surface area contributed by atoms with Crippen LogP contribution in [0.2, 0.25) is 0 Å². The van der Waals surface area contributed by atoms with Gasteiger partial charge >= 0.3 is 5.97 Å². The predicted molar refractivity (Wildman–Crippen MR) is 140 cm³/mol. The fourth-order valence-electron chi connectivity index (χ4n) is 3.94. The number of ketones is 1. The number of rotatable bonds is 26. The maximum atomic E-state index is 12.4. The summed E-state index contributed by atoms with van der Waals surface area (Å²) in [4.78, 5) is 24.6. The molecule has 0 rings (SSSR count). The zero-order valence-electron chi connectivity index (χ0n) is 22.7. The topological polar surface area (TPSA) is 71.1 Å². The molecule has 204 valence electrons. The number of esters is 1. The van der Waals surface area contributed by atoms with Crippen LogP contribution in [-0.2, 0) is 28.5 Å². The Morgan fingerprint density at radius 1 is 0.676 bits per heavy atom. The molecule has 34 heavy (non-hydrogen) atoms. The zero-order valence-corrected chi connectivity index (χ0v) is 22.7. The molecule has 2 unspecified atom stereocenters. The Labute approximate surface area is 211 Å². The predicted octanol–water partition coefficient (Wildman–Crippen LogP) is 6.92. The molecule has 0 radical (unpaired) electrons. The molecule has 0 spiro atoms. The van der Waals surface area contributed by atoms with Gasteiger partial charge < -0.3 is 18.9 Å². The molecule has 6 nitrogen and oxygen atoms in total. The molecule has 6 heteroatoms. The first-order chi connectivity index (χ1) is 16.6. The molecule has 2 atom stereocenters. The second kappa shape index (κ2) is 25.1. The van der Waals surface area contributed by atoms with Crippen molar-refractivity contribution in [1.82, 2.24) is 0 Å². The zero-order chi connectivity index (χ0) is 25.3. The number of hydrogen-bond acceptors (Lipinski definition) is 6. The molecule has 0 aromatic carbocycles. The minimum absolute atomic E-state index is 0. The number of methoxy groups -OCH3 is 1. The van der Waals surface area contributed by atoms with Crippen LogP contribution in [0.15, 0.2) is 0 Å². The Balaban J connectivity index is 0. The molecule has 0 bridgehead atoms. The SMILES string of the molecule is CCCCCCCCC(=O)CC(COCC)COCC(COC)OC(=O)CCCCCCCC.[2HH]. The second-order valence-electron chi connectivity index (χ2n) is 9.41. The summed E-state index contributed by atoms with van der Waals surface area (Å²) < 4.78 is 22.2. The van der Waals surface area contributed by atoms with E-state index >= 15 is 0 Å². The van der Waals surface area contributed by atoms with Gasteiger partial charge in [-0.05, 0) is 19.8 Å². The average molecular weight is 490 g/mol. The van der Waals surface area contributed by atoms with Gasteiger partial charge in [-0.3, -0.25) is 9.59 Å². The molecule has 0 heterocycles. The van der Waals surface area contributed by atoms with E-state index in [2.05, 4.69) is 13.8 Å². The van der Waals surface area contributed by atoms with Gasteiger partial charge in [0.1, 0.15) is 11.9 Å². The Bertz CT molecular complexity index is 474. The third-order valence-corrected chi connectivity index (χ3v) is 5.93. The summed E-state index contributed by atoms with van der Waals surface area (Å²) >= 11 is 0. The van der Waals surface area contributed by atoms with Crippen LogP contribution in [0, 0.1) is 5.92 Å². The van der Waals surface area contributed by atoms with Crippen molar-refractivity contribution in [2.75, 3.05) is 40.1 Å². The smallest absolute Gasteiger partial charge is 0.306 e. The summed E-state index contributed by atoms with van der Waals surface area (Å²) in [7, 11) is 1.59. The van der Waals surface area contributed by atoms with Crippen molar-refractivity contribution in [1.29, 1.82) is 0 Å². The molecule has 0 aromatic heterocycles. The first-order valence-corrected chi connectivity index (χ1v) is 13.9. The lowest BCUT2D eigenvalue weighted by atomic mass is 10.00. The molecule has 0 aliphatic rings. The Morgan fingerprint density at radius 3 is 1.82 bits per heavy atom.